The first kappa shape index (κ1) is 23.0. The maximum Gasteiger partial charge on any atom is 0.262 e. The van der Waals surface area contributed by atoms with Gasteiger partial charge in [0.1, 0.15) is 0 Å². The van der Waals surface area contributed by atoms with Crippen LogP contribution in [-0.2, 0) is 4.79 Å². The van der Waals surface area contributed by atoms with Crippen molar-refractivity contribution in [3.63, 3.8) is 0 Å². The molecule has 1 fully saturated rings. The second-order valence-electron chi connectivity index (χ2n) is 8.14. The standard InChI is InChI=1S/C25H24ClN3O3S/c1-14-13-21(29-24(31)19-5-3-4-6-20(19)26)33-22(14)25(32)27-15(2)16-9-11-18(12-10-16)28-23(30)17-7-8-17/h3-6,9-13,15,17H,7-8H2,1-2H3,(H,27,32)(H,28,30)(H,29,31)/t15-/m1/s1. The molecule has 1 aromatic heterocycles. The van der Waals surface area contributed by atoms with Gasteiger partial charge in [0, 0.05) is 11.6 Å². The van der Waals surface area contributed by atoms with Gasteiger partial charge in [0.25, 0.3) is 11.8 Å². The summed E-state index contributed by atoms with van der Waals surface area (Å²) >= 11 is 7.31. The maximum atomic E-state index is 12.9. The van der Waals surface area contributed by atoms with E-state index in [0.29, 0.717) is 20.5 Å². The highest BCUT2D eigenvalue weighted by molar-refractivity contribution is 7.18. The molecule has 3 N–H and O–H groups in total. The molecular formula is C25H24ClN3O3S. The quantitative estimate of drug-likeness (QED) is 0.398. The van der Waals surface area contributed by atoms with Crippen molar-refractivity contribution in [2.75, 3.05) is 10.6 Å². The summed E-state index contributed by atoms with van der Waals surface area (Å²) in [7, 11) is 0. The number of halogens is 1. The summed E-state index contributed by atoms with van der Waals surface area (Å²) in [5, 5.41) is 9.67. The van der Waals surface area contributed by atoms with Crippen LogP contribution in [-0.4, -0.2) is 17.7 Å². The number of rotatable bonds is 7. The third-order valence-corrected chi connectivity index (χ3v) is 6.93. The van der Waals surface area contributed by atoms with E-state index in [0.717, 1.165) is 29.7 Å². The molecule has 8 heteroatoms. The van der Waals surface area contributed by atoms with E-state index in [1.807, 2.05) is 38.1 Å². The smallest absolute Gasteiger partial charge is 0.262 e. The van der Waals surface area contributed by atoms with E-state index in [4.69, 9.17) is 11.6 Å². The van der Waals surface area contributed by atoms with Crippen molar-refractivity contribution in [2.24, 2.45) is 5.92 Å². The Hall–Kier alpha value is -3.16. The zero-order valence-corrected chi connectivity index (χ0v) is 19.8. The molecule has 1 heterocycles. The third-order valence-electron chi connectivity index (χ3n) is 5.45. The second-order valence-corrected chi connectivity index (χ2v) is 9.60. The Morgan fingerprint density at radius 2 is 1.70 bits per heavy atom. The number of anilines is 2. The summed E-state index contributed by atoms with van der Waals surface area (Å²) in [5.41, 5.74) is 2.83. The van der Waals surface area contributed by atoms with E-state index < -0.39 is 0 Å². The maximum absolute atomic E-state index is 12.9. The van der Waals surface area contributed by atoms with E-state index in [9.17, 15) is 14.4 Å². The van der Waals surface area contributed by atoms with Crippen molar-refractivity contribution < 1.29 is 14.4 Å². The van der Waals surface area contributed by atoms with Crippen LogP contribution in [0, 0.1) is 12.8 Å². The number of hydrogen-bond donors (Lipinski definition) is 3. The molecular weight excluding hydrogens is 458 g/mol. The van der Waals surface area contributed by atoms with Crippen molar-refractivity contribution in [1.82, 2.24) is 5.32 Å². The molecule has 33 heavy (non-hydrogen) atoms. The molecule has 0 unspecified atom stereocenters. The van der Waals surface area contributed by atoms with E-state index in [-0.39, 0.29) is 29.7 Å². The summed E-state index contributed by atoms with van der Waals surface area (Å²) in [6.07, 6.45) is 1.92. The minimum absolute atomic E-state index is 0.0645. The Kier molecular flexibility index (Phi) is 6.81. The van der Waals surface area contributed by atoms with Crippen LogP contribution in [0.15, 0.2) is 54.6 Å². The number of hydrogen-bond acceptors (Lipinski definition) is 4. The van der Waals surface area contributed by atoms with Gasteiger partial charge in [-0.2, -0.15) is 0 Å². The van der Waals surface area contributed by atoms with Crippen molar-refractivity contribution in [1.29, 1.82) is 0 Å². The Bertz CT molecular complexity index is 1200. The highest BCUT2D eigenvalue weighted by atomic mass is 35.5. The number of thiophene rings is 1. The van der Waals surface area contributed by atoms with Gasteiger partial charge in [0.15, 0.2) is 0 Å². The van der Waals surface area contributed by atoms with Gasteiger partial charge in [0.05, 0.1) is 26.5 Å². The molecule has 1 saturated carbocycles. The molecule has 3 aromatic rings. The fraction of sp³-hybridized carbons (Fsp3) is 0.240. The number of nitrogens with one attached hydrogen (secondary N) is 3. The van der Waals surface area contributed by atoms with E-state index in [2.05, 4.69) is 16.0 Å². The highest BCUT2D eigenvalue weighted by Crippen LogP contribution is 2.31. The summed E-state index contributed by atoms with van der Waals surface area (Å²) in [5.74, 6) is -0.323. The fourth-order valence-electron chi connectivity index (χ4n) is 3.38. The molecule has 4 rings (SSSR count). The van der Waals surface area contributed by atoms with Crippen LogP contribution < -0.4 is 16.0 Å². The first-order valence-corrected chi connectivity index (χ1v) is 11.9. The average molecular weight is 482 g/mol. The van der Waals surface area contributed by atoms with Gasteiger partial charge >= 0.3 is 0 Å². The molecule has 1 aliphatic rings. The largest absolute Gasteiger partial charge is 0.345 e. The highest BCUT2D eigenvalue weighted by Gasteiger charge is 2.29. The van der Waals surface area contributed by atoms with Gasteiger partial charge in [-0.05, 0) is 68.1 Å². The van der Waals surface area contributed by atoms with Crippen LogP contribution in [0.25, 0.3) is 0 Å². The van der Waals surface area contributed by atoms with Gasteiger partial charge in [-0.3, -0.25) is 14.4 Å². The van der Waals surface area contributed by atoms with Crippen LogP contribution in [0.3, 0.4) is 0 Å². The number of carbonyl (C=O) groups excluding carboxylic acids is 3. The van der Waals surface area contributed by atoms with Crippen molar-refractivity contribution >= 4 is 51.3 Å². The Morgan fingerprint density at radius 3 is 2.36 bits per heavy atom. The minimum Gasteiger partial charge on any atom is -0.345 e. The molecule has 0 saturated heterocycles. The van der Waals surface area contributed by atoms with Crippen LogP contribution in [0.1, 0.15) is 57.0 Å². The van der Waals surface area contributed by atoms with E-state index in [1.165, 1.54) is 11.3 Å². The van der Waals surface area contributed by atoms with Gasteiger partial charge in [0.2, 0.25) is 5.91 Å². The van der Waals surface area contributed by atoms with E-state index >= 15 is 0 Å². The lowest BCUT2D eigenvalue weighted by Gasteiger charge is -2.15. The first-order valence-electron chi connectivity index (χ1n) is 10.7. The van der Waals surface area contributed by atoms with Gasteiger partial charge in [-0.15, -0.1) is 11.3 Å². The number of amides is 3. The molecule has 0 radical (unpaired) electrons. The zero-order chi connectivity index (χ0) is 23.5. The second kappa shape index (κ2) is 9.77. The average Bonchev–Trinajstić information content (AvgIpc) is 3.57. The minimum atomic E-state index is -0.323. The van der Waals surface area contributed by atoms with Gasteiger partial charge < -0.3 is 16.0 Å². The first-order chi connectivity index (χ1) is 15.8. The van der Waals surface area contributed by atoms with Crippen LogP contribution >= 0.6 is 22.9 Å². The van der Waals surface area contributed by atoms with Crippen molar-refractivity contribution in [2.45, 2.75) is 32.7 Å². The number of carbonyl (C=O) groups is 3. The predicted octanol–water partition coefficient (Wildman–Crippen LogP) is 5.80. The Balaban J connectivity index is 1.38. The van der Waals surface area contributed by atoms with Crippen molar-refractivity contribution in [3.05, 3.63) is 81.2 Å². The van der Waals surface area contributed by atoms with Crippen LogP contribution in [0.5, 0.6) is 0 Å². The number of aryl methyl sites for hydroxylation is 1. The molecule has 6 nitrogen and oxygen atoms in total. The normalized spacial score (nSPS) is 13.8. The lowest BCUT2D eigenvalue weighted by Crippen LogP contribution is -2.26. The summed E-state index contributed by atoms with van der Waals surface area (Å²) in [4.78, 5) is 37.8. The van der Waals surface area contributed by atoms with Crippen LogP contribution in [0.2, 0.25) is 5.02 Å². The molecule has 3 amide bonds. The molecule has 1 atom stereocenters. The molecule has 0 spiro atoms. The fourth-order valence-corrected chi connectivity index (χ4v) is 4.58. The molecule has 2 aromatic carbocycles. The number of benzene rings is 2. The molecule has 170 valence electrons. The lowest BCUT2D eigenvalue weighted by molar-refractivity contribution is -0.117. The molecule has 0 bridgehead atoms. The summed E-state index contributed by atoms with van der Waals surface area (Å²) in [6, 6.07) is 15.8. The SMILES string of the molecule is Cc1cc(NC(=O)c2ccccc2Cl)sc1C(=O)N[C@H](C)c1ccc(NC(=O)C2CC2)cc1. The molecule has 0 aliphatic heterocycles. The Morgan fingerprint density at radius 1 is 1.00 bits per heavy atom. The van der Waals surface area contributed by atoms with Gasteiger partial charge in [-0.25, -0.2) is 0 Å². The summed E-state index contributed by atoms with van der Waals surface area (Å²) in [6.45, 7) is 3.73. The lowest BCUT2D eigenvalue weighted by atomic mass is 10.1. The van der Waals surface area contributed by atoms with E-state index in [1.54, 1.807) is 30.3 Å². The Labute approximate surface area is 201 Å². The summed E-state index contributed by atoms with van der Waals surface area (Å²) < 4.78 is 0. The van der Waals surface area contributed by atoms with Crippen LogP contribution in [0.4, 0.5) is 10.7 Å². The zero-order valence-electron chi connectivity index (χ0n) is 18.3. The third kappa shape index (κ3) is 5.61. The predicted molar refractivity (Wildman–Crippen MR) is 132 cm³/mol. The molecule has 1 aliphatic carbocycles. The monoisotopic (exact) mass is 481 g/mol. The van der Waals surface area contributed by atoms with Gasteiger partial charge in [-0.1, -0.05) is 35.9 Å². The van der Waals surface area contributed by atoms with Crippen molar-refractivity contribution in [3.8, 4) is 0 Å². The topological polar surface area (TPSA) is 87.3 Å².